The van der Waals surface area contributed by atoms with Crippen molar-refractivity contribution in [2.75, 3.05) is 6.54 Å². The van der Waals surface area contributed by atoms with Crippen molar-refractivity contribution >= 4 is 0 Å². The lowest BCUT2D eigenvalue weighted by molar-refractivity contribution is 0.319. The number of halogens is 1. The molecular weight excluding hydrogens is 221 g/mol. The van der Waals surface area contributed by atoms with E-state index in [0.717, 1.165) is 18.7 Å². The number of aromatic nitrogens is 2. The number of hydrogen-bond acceptors (Lipinski definition) is 4. The van der Waals surface area contributed by atoms with Crippen molar-refractivity contribution < 1.29 is 8.91 Å². The average molecular weight is 239 g/mol. The molecule has 3 rings (SSSR count). The van der Waals surface area contributed by atoms with Gasteiger partial charge in [-0.1, -0.05) is 24.4 Å². The quantitative estimate of drug-likeness (QED) is 0.861. The van der Waals surface area contributed by atoms with Gasteiger partial charge < -0.3 is 9.84 Å². The number of alkyl halides is 1. The molecule has 4 nitrogen and oxygen atoms in total. The second-order valence-electron chi connectivity index (χ2n) is 5.12. The van der Waals surface area contributed by atoms with Crippen LogP contribution in [0.3, 0.4) is 0 Å². The molecule has 0 amide bonds. The minimum absolute atomic E-state index is 0.0881. The summed E-state index contributed by atoms with van der Waals surface area (Å²) in [6.45, 7) is 0.395. The summed E-state index contributed by atoms with van der Waals surface area (Å²) in [6.07, 6.45) is 5.79. The molecule has 1 saturated carbocycles. The van der Waals surface area contributed by atoms with E-state index in [9.17, 15) is 4.39 Å². The van der Waals surface area contributed by atoms with Crippen LogP contribution in [0.25, 0.3) is 0 Å². The van der Waals surface area contributed by atoms with E-state index in [4.69, 9.17) is 4.52 Å². The summed E-state index contributed by atoms with van der Waals surface area (Å²) in [5.74, 6) is 1.83. The van der Waals surface area contributed by atoms with Gasteiger partial charge in [0.15, 0.2) is 5.82 Å². The van der Waals surface area contributed by atoms with E-state index >= 15 is 0 Å². The lowest BCUT2D eigenvalue weighted by Crippen LogP contribution is -2.14. The van der Waals surface area contributed by atoms with Gasteiger partial charge in [0, 0.05) is 18.9 Å². The number of rotatable bonds is 2. The maximum atomic E-state index is 13.1. The Bertz CT molecular complexity index is 356. The molecule has 0 radical (unpaired) electrons. The largest absolute Gasteiger partial charge is 0.338 e. The summed E-state index contributed by atoms with van der Waals surface area (Å²) < 4.78 is 18.3. The molecule has 1 saturated heterocycles. The Hall–Kier alpha value is -0.970. The first kappa shape index (κ1) is 11.1. The predicted molar refractivity (Wildman–Crippen MR) is 60.4 cm³/mol. The molecule has 0 aromatic carbocycles. The van der Waals surface area contributed by atoms with Crippen molar-refractivity contribution in [3.8, 4) is 0 Å². The van der Waals surface area contributed by atoms with Crippen LogP contribution in [0, 0.1) is 0 Å². The molecule has 0 spiro atoms. The van der Waals surface area contributed by atoms with Crippen LogP contribution >= 0.6 is 0 Å². The highest BCUT2D eigenvalue weighted by Crippen LogP contribution is 2.32. The number of nitrogens with one attached hydrogen (secondary N) is 1. The molecule has 2 heterocycles. The molecule has 1 aromatic heterocycles. The van der Waals surface area contributed by atoms with Crippen LogP contribution in [0.15, 0.2) is 4.52 Å². The summed E-state index contributed by atoms with van der Waals surface area (Å²) in [6, 6.07) is -0.0881. The average Bonchev–Trinajstić information content (AvgIpc) is 2.98. The first-order valence-electron chi connectivity index (χ1n) is 6.54. The maximum Gasteiger partial charge on any atom is 0.243 e. The van der Waals surface area contributed by atoms with Crippen molar-refractivity contribution in [2.24, 2.45) is 0 Å². The van der Waals surface area contributed by atoms with Crippen LogP contribution in [0.4, 0.5) is 4.39 Å². The normalized spacial score (nSPS) is 30.9. The molecule has 2 aliphatic rings. The summed E-state index contributed by atoms with van der Waals surface area (Å²) in [4.78, 5) is 4.44. The van der Waals surface area contributed by atoms with Gasteiger partial charge in [0.1, 0.15) is 6.17 Å². The zero-order chi connectivity index (χ0) is 11.7. The van der Waals surface area contributed by atoms with Crippen LogP contribution < -0.4 is 5.32 Å². The molecular formula is C12H18FN3O. The van der Waals surface area contributed by atoms with E-state index in [1.807, 2.05) is 0 Å². The molecule has 1 aromatic rings. The molecule has 94 valence electrons. The molecule has 2 atom stereocenters. The van der Waals surface area contributed by atoms with Gasteiger partial charge in [-0.3, -0.25) is 0 Å². The van der Waals surface area contributed by atoms with E-state index in [2.05, 4.69) is 15.5 Å². The monoisotopic (exact) mass is 239 g/mol. The van der Waals surface area contributed by atoms with Crippen molar-refractivity contribution in [1.82, 2.24) is 15.5 Å². The van der Waals surface area contributed by atoms with Crippen LogP contribution in [0.2, 0.25) is 0 Å². The van der Waals surface area contributed by atoms with Crippen LogP contribution in [0.5, 0.6) is 0 Å². The minimum Gasteiger partial charge on any atom is -0.338 e. The van der Waals surface area contributed by atoms with Crippen molar-refractivity contribution in [3.63, 3.8) is 0 Å². The van der Waals surface area contributed by atoms with Gasteiger partial charge in [-0.15, -0.1) is 0 Å². The van der Waals surface area contributed by atoms with Gasteiger partial charge in [-0.2, -0.15) is 4.98 Å². The topological polar surface area (TPSA) is 51.0 Å². The van der Waals surface area contributed by atoms with Crippen LogP contribution in [-0.4, -0.2) is 22.9 Å². The van der Waals surface area contributed by atoms with Gasteiger partial charge in [0.05, 0.1) is 6.04 Å². The maximum absolute atomic E-state index is 13.1. The molecule has 1 aliphatic heterocycles. The Morgan fingerprint density at radius 3 is 2.76 bits per heavy atom. The number of nitrogens with zero attached hydrogens (tertiary/aromatic N) is 2. The summed E-state index contributed by atoms with van der Waals surface area (Å²) >= 11 is 0. The smallest absolute Gasteiger partial charge is 0.243 e. The summed E-state index contributed by atoms with van der Waals surface area (Å²) in [5.41, 5.74) is 0. The highest BCUT2D eigenvalue weighted by atomic mass is 19.1. The molecule has 0 unspecified atom stereocenters. The lowest BCUT2D eigenvalue weighted by Gasteiger charge is -2.17. The van der Waals surface area contributed by atoms with Crippen molar-refractivity contribution in [2.45, 2.75) is 56.7 Å². The third kappa shape index (κ3) is 2.34. The fourth-order valence-electron chi connectivity index (χ4n) is 2.80. The van der Waals surface area contributed by atoms with Crippen molar-refractivity contribution in [3.05, 3.63) is 11.7 Å². The van der Waals surface area contributed by atoms with Crippen molar-refractivity contribution in [1.29, 1.82) is 0 Å². The Kier molecular flexibility index (Phi) is 3.09. The van der Waals surface area contributed by atoms with E-state index in [1.54, 1.807) is 0 Å². The fraction of sp³-hybridized carbons (Fsp3) is 0.833. The van der Waals surface area contributed by atoms with E-state index in [1.165, 1.54) is 19.3 Å². The van der Waals surface area contributed by atoms with Gasteiger partial charge >= 0.3 is 0 Å². The Labute approximate surface area is 100.0 Å². The van der Waals surface area contributed by atoms with E-state index < -0.39 is 6.17 Å². The standard InChI is InChI=1S/C12H18FN3O/c13-9-6-10(14-7-9)12-15-11(16-17-12)8-4-2-1-3-5-8/h8-10,14H,1-7H2/t9-,10+/m0/s1. The molecule has 1 N–H and O–H groups in total. The van der Waals surface area contributed by atoms with E-state index in [0.29, 0.717) is 24.8 Å². The zero-order valence-electron chi connectivity index (χ0n) is 9.86. The van der Waals surface area contributed by atoms with Gasteiger partial charge in [-0.05, 0) is 12.8 Å². The highest BCUT2D eigenvalue weighted by molar-refractivity contribution is 5.01. The molecule has 17 heavy (non-hydrogen) atoms. The number of hydrogen-bond donors (Lipinski definition) is 1. The molecule has 1 aliphatic carbocycles. The van der Waals surface area contributed by atoms with Gasteiger partial charge in [0.25, 0.3) is 0 Å². The first-order chi connectivity index (χ1) is 8.33. The SMILES string of the molecule is F[C@@H]1CN[C@@H](c2nc(C3CCCCC3)no2)C1. The Balaban J connectivity index is 1.69. The molecule has 5 heteroatoms. The lowest BCUT2D eigenvalue weighted by atomic mass is 9.89. The van der Waals surface area contributed by atoms with E-state index in [-0.39, 0.29) is 6.04 Å². The Morgan fingerprint density at radius 2 is 2.06 bits per heavy atom. The third-order valence-corrected chi connectivity index (χ3v) is 3.80. The molecule has 0 bridgehead atoms. The second-order valence-corrected chi connectivity index (χ2v) is 5.12. The Morgan fingerprint density at radius 1 is 1.24 bits per heavy atom. The summed E-state index contributed by atoms with van der Waals surface area (Å²) in [7, 11) is 0. The van der Waals surface area contributed by atoms with Gasteiger partial charge in [-0.25, -0.2) is 4.39 Å². The zero-order valence-corrected chi connectivity index (χ0v) is 9.86. The fourth-order valence-corrected chi connectivity index (χ4v) is 2.80. The second kappa shape index (κ2) is 4.72. The predicted octanol–water partition coefficient (Wildman–Crippen LogP) is 2.49. The summed E-state index contributed by atoms with van der Waals surface area (Å²) in [5, 5.41) is 7.13. The van der Waals surface area contributed by atoms with Crippen LogP contribution in [-0.2, 0) is 0 Å². The first-order valence-corrected chi connectivity index (χ1v) is 6.54. The highest BCUT2D eigenvalue weighted by Gasteiger charge is 2.30. The van der Waals surface area contributed by atoms with Gasteiger partial charge in [0.2, 0.25) is 5.89 Å². The van der Waals surface area contributed by atoms with Crippen LogP contribution in [0.1, 0.15) is 62.2 Å². The third-order valence-electron chi connectivity index (χ3n) is 3.80. The minimum atomic E-state index is -0.787. The molecule has 2 fully saturated rings.